The fourth-order valence-corrected chi connectivity index (χ4v) is 1.81. The summed E-state index contributed by atoms with van der Waals surface area (Å²) >= 11 is 0. The molecule has 0 bridgehead atoms. The quantitative estimate of drug-likeness (QED) is 0.396. The van der Waals surface area contributed by atoms with Crippen molar-refractivity contribution in [3.63, 3.8) is 0 Å². The van der Waals surface area contributed by atoms with Crippen LogP contribution in [-0.2, 0) is 55.2 Å². The van der Waals surface area contributed by atoms with Crippen molar-refractivity contribution in [3.05, 3.63) is 35.9 Å². The minimum atomic E-state index is -3.51. The van der Waals surface area contributed by atoms with Gasteiger partial charge < -0.3 is 42.9 Å². The Labute approximate surface area is 149 Å². The molecule has 4 unspecified atom stereocenters. The maximum absolute atomic E-state index is 9.29. The Morgan fingerprint density at radius 1 is 0.783 bits per heavy atom. The van der Waals surface area contributed by atoms with Crippen LogP contribution in [0.4, 0.5) is 0 Å². The van der Waals surface area contributed by atoms with Crippen LogP contribution in [-0.4, -0.2) is 5.11 Å². The van der Waals surface area contributed by atoms with Crippen molar-refractivity contribution in [3.8, 4) is 0 Å². The van der Waals surface area contributed by atoms with Gasteiger partial charge in [0.1, 0.15) is 33.0 Å². The van der Waals surface area contributed by atoms with E-state index >= 15 is 0 Å². The average Bonchev–Trinajstić information content (AvgIpc) is 2.38. The van der Waals surface area contributed by atoms with Gasteiger partial charge in [0, 0.05) is 0 Å². The van der Waals surface area contributed by atoms with Gasteiger partial charge in [0.25, 0.3) is 0 Å². The molecule has 0 aromatic heterocycles. The van der Waals surface area contributed by atoms with Gasteiger partial charge in [0.05, 0.1) is 6.61 Å². The van der Waals surface area contributed by atoms with Gasteiger partial charge >= 0.3 is 21.7 Å². The van der Waals surface area contributed by atoms with Crippen molar-refractivity contribution in [2.75, 3.05) is 0 Å². The van der Waals surface area contributed by atoms with Crippen molar-refractivity contribution < 1.29 is 73.3 Å². The van der Waals surface area contributed by atoms with Crippen LogP contribution >= 0.6 is 33.0 Å². The standard InChI is InChI=1S/C7H8O.2H4O5P2.Ti/c8-6-7-4-2-1-3-5-7;2*1-6(2)5-7(3)4;/h1-5,8H,6H2;2*6-7H,(H,1,2)(H,3,4);/q;;;+4/p-4. The number of aliphatic hydroxyl groups excluding tert-OH is 1. The van der Waals surface area contributed by atoms with Crippen LogP contribution in [0.2, 0.25) is 0 Å². The normalized spacial score (nSPS) is 14.5. The van der Waals surface area contributed by atoms with Crippen molar-refractivity contribution in [1.82, 2.24) is 0 Å². The van der Waals surface area contributed by atoms with Gasteiger partial charge in [-0.25, -0.2) is 0 Å². The van der Waals surface area contributed by atoms with Gasteiger partial charge in [-0.3, -0.25) is 8.62 Å². The van der Waals surface area contributed by atoms with Gasteiger partial charge in [-0.15, -0.1) is 0 Å². The van der Waals surface area contributed by atoms with Crippen LogP contribution in [0.3, 0.4) is 0 Å². The largest absolute Gasteiger partial charge is 4.00 e. The summed E-state index contributed by atoms with van der Waals surface area (Å²) in [7, 11) is -14.1. The SMILES string of the molecule is O=[PH]([O-])O[PH](=O)[O-].O=[PH]([O-])O[PH](=O)[O-].OCc1ccccc1.[Ti+4]. The van der Waals surface area contributed by atoms with Gasteiger partial charge in [-0.2, -0.15) is 0 Å². The van der Waals surface area contributed by atoms with E-state index < -0.39 is 33.0 Å². The molecule has 1 rings (SSSR count). The monoisotopic (exact) mass is 444 g/mol. The summed E-state index contributed by atoms with van der Waals surface area (Å²) in [6.45, 7) is 0.140. The first-order valence-corrected chi connectivity index (χ1v) is 9.93. The van der Waals surface area contributed by atoms with E-state index in [4.69, 9.17) is 5.11 Å². The number of rotatable bonds is 5. The molecule has 23 heavy (non-hydrogen) atoms. The molecule has 1 N–H and O–H groups in total. The van der Waals surface area contributed by atoms with Gasteiger partial charge in [-0.1, -0.05) is 30.3 Å². The molecule has 0 saturated carbocycles. The Balaban J connectivity index is -0.000000257. The Morgan fingerprint density at radius 3 is 1.22 bits per heavy atom. The molecule has 0 heterocycles. The molecule has 4 atom stereocenters. The van der Waals surface area contributed by atoms with Gasteiger partial charge in [0.15, 0.2) is 0 Å². The third-order valence-corrected chi connectivity index (χ3v) is 4.03. The zero-order valence-electron chi connectivity index (χ0n) is 11.1. The molecule has 0 aliphatic rings. The molecule has 16 heteroatoms. The van der Waals surface area contributed by atoms with E-state index in [1.807, 2.05) is 30.3 Å². The topological polar surface area (TPSA) is 199 Å². The average molecular weight is 444 g/mol. The van der Waals surface area contributed by atoms with Crippen molar-refractivity contribution in [2.24, 2.45) is 0 Å². The zero-order valence-corrected chi connectivity index (χ0v) is 16.7. The van der Waals surface area contributed by atoms with E-state index in [0.29, 0.717) is 0 Å². The van der Waals surface area contributed by atoms with Crippen molar-refractivity contribution in [2.45, 2.75) is 6.61 Å². The number of benzene rings is 1. The Bertz CT molecular complexity index is 448. The molecular formula is C7H12O11P4Ti. The summed E-state index contributed by atoms with van der Waals surface area (Å²) in [5.41, 5.74) is 0.965. The fourth-order valence-electron chi connectivity index (χ4n) is 0.720. The van der Waals surface area contributed by atoms with Crippen LogP contribution in [0.5, 0.6) is 0 Å². The molecule has 1 aromatic rings. The number of hydrogen-bond donors (Lipinski definition) is 1. The molecule has 130 valence electrons. The smallest absolute Gasteiger partial charge is 0.781 e. The predicted octanol–water partition coefficient (Wildman–Crippen LogP) is -1.82. The molecule has 0 aliphatic carbocycles. The molecule has 0 spiro atoms. The molecule has 0 aliphatic heterocycles. The molecule has 0 fully saturated rings. The third kappa shape index (κ3) is 27.7. The van der Waals surface area contributed by atoms with Crippen LogP contribution in [0.15, 0.2) is 30.3 Å². The Morgan fingerprint density at radius 2 is 1.09 bits per heavy atom. The van der Waals surface area contributed by atoms with E-state index in [0.717, 1.165) is 5.56 Å². The number of hydrogen-bond acceptors (Lipinski definition) is 11. The molecule has 0 amide bonds. The molecule has 0 radical (unpaired) electrons. The fraction of sp³-hybridized carbons (Fsp3) is 0.143. The summed E-state index contributed by atoms with van der Waals surface area (Å²) in [4.78, 5) is 37.1. The third-order valence-electron chi connectivity index (χ3n) is 1.36. The van der Waals surface area contributed by atoms with Crippen LogP contribution < -0.4 is 19.6 Å². The van der Waals surface area contributed by atoms with Gasteiger partial charge in [-0.05, 0) is 5.56 Å². The minimum absolute atomic E-state index is 0. The minimum Gasteiger partial charge on any atom is -0.781 e. The first-order chi connectivity index (χ1) is 10.2. The van der Waals surface area contributed by atoms with Crippen molar-refractivity contribution in [1.29, 1.82) is 0 Å². The van der Waals surface area contributed by atoms with E-state index in [1.54, 1.807) is 0 Å². The van der Waals surface area contributed by atoms with E-state index in [9.17, 15) is 37.8 Å². The maximum atomic E-state index is 9.29. The van der Waals surface area contributed by atoms with Crippen LogP contribution in [0, 0.1) is 0 Å². The first kappa shape index (κ1) is 28.4. The van der Waals surface area contributed by atoms with Crippen molar-refractivity contribution >= 4 is 33.0 Å². The van der Waals surface area contributed by atoms with E-state index in [-0.39, 0.29) is 28.3 Å². The second-order valence-corrected chi connectivity index (χ2v) is 6.48. The summed E-state index contributed by atoms with van der Waals surface area (Å²) in [5, 5.41) is 8.54. The van der Waals surface area contributed by atoms with Gasteiger partial charge in [0.2, 0.25) is 0 Å². The summed E-state index contributed by atoms with van der Waals surface area (Å²) in [6.07, 6.45) is 0. The summed E-state index contributed by atoms with van der Waals surface area (Å²) < 4.78 is 43.6. The predicted molar refractivity (Wildman–Crippen MR) is 70.5 cm³/mol. The number of aliphatic hydroxyl groups is 1. The second kappa shape index (κ2) is 18.9. The molecule has 11 nitrogen and oxygen atoms in total. The Hall–Kier alpha value is 0.574. The van der Waals surface area contributed by atoms with E-state index in [1.165, 1.54) is 0 Å². The molecule has 0 saturated heterocycles. The molecule has 1 aromatic carbocycles. The molecular weight excluding hydrogens is 432 g/mol. The zero-order chi connectivity index (χ0) is 17.5. The summed E-state index contributed by atoms with van der Waals surface area (Å²) in [6, 6.07) is 9.52. The second-order valence-electron chi connectivity index (χ2n) is 2.85. The van der Waals surface area contributed by atoms with Crippen LogP contribution in [0.25, 0.3) is 0 Å². The maximum Gasteiger partial charge on any atom is 4.00 e. The van der Waals surface area contributed by atoms with E-state index in [2.05, 4.69) is 8.62 Å². The Kier molecular flexibility index (Phi) is 23.3. The van der Waals surface area contributed by atoms with Crippen LogP contribution in [0.1, 0.15) is 5.56 Å². The first-order valence-electron chi connectivity index (χ1n) is 5.03. The summed E-state index contributed by atoms with van der Waals surface area (Å²) in [5.74, 6) is 0.